The van der Waals surface area contributed by atoms with Gasteiger partial charge in [-0.2, -0.15) is 96.6 Å². The lowest BCUT2D eigenvalue weighted by Gasteiger charge is -2.50. The maximum absolute atomic E-state index is 14.7. The third kappa shape index (κ3) is 6.24. The summed E-state index contributed by atoms with van der Waals surface area (Å²) in [5.41, 5.74) is 0. The Morgan fingerprint density at radius 3 is 0.878 bits per heavy atom. The van der Waals surface area contributed by atoms with Crippen LogP contribution in [0.3, 0.4) is 0 Å². The van der Waals surface area contributed by atoms with Gasteiger partial charge in [-0.25, -0.2) is 0 Å². The molecule has 0 radical (unpaired) electrons. The fourth-order valence-electron chi connectivity index (χ4n) is 2.66. The standard InChI is InChI=1S/C14H3F29NO4.HI/c15-1(16,3(19,20)5(23,24)8(27,28)29)2(17,18)4(21,22)7(45,46)11(35,36)44(14(41,42)43,48-13(39,40)9(30,31)32)10(33,34)6(25,26)12(37,38)47;/h45-47H;1H/q+1;/p-1. The normalized spacial score (nSPS) is 17.9. The number of hydrogen-bond acceptors (Lipinski definition) is 4. The molecule has 0 heterocycles. The number of nitrogens with zero attached hydrogens (tertiary/aromatic N) is 1. The predicted octanol–water partition coefficient (Wildman–Crippen LogP) is 4.24. The minimum Gasteiger partial charge on any atom is -1.00 e. The zero-order chi connectivity index (χ0) is 40.2. The quantitative estimate of drug-likeness (QED) is 0.0686. The first-order valence-corrected chi connectivity index (χ1v) is 9.71. The van der Waals surface area contributed by atoms with Gasteiger partial charge in [-0.05, 0) is 0 Å². The summed E-state index contributed by atoms with van der Waals surface area (Å²) in [5.74, 6) is -66.5. The molecule has 0 saturated carbocycles. The zero-order valence-corrected chi connectivity index (χ0v) is 22.7. The molecular weight excluding hydrogens is 924 g/mol. The molecule has 0 amide bonds. The monoisotopic (exact) mass is 927 g/mol. The Hall–Kier alpha value is -1.50. The van der Waals surface area contributed by atoms with Crippen LogP contribution >= 0.6 is 0 Å². The summed E-state index contributed by atoms with van der Waals surface area (Å²) in [4.78, 5) is 0.639. The molecule has 0 aliphatic heterocycles. The molecule has 0 aliphatic carbocycles. The molecule has 0 aliphatic rings. The van der Waals surface area contributed by atoms with Crippen LogP contribution in [0, 0.1) is 0 Å². The van der Waals surface area contributed by atoms with E-state index >= 15 is 0 Å². The first-order valence-electron chi connectivity index (χ1n) is 9.71. The number of alkyl halides is 29. The minimum atomic E-state index is -10.2. The predicted molar refractivity (Wildman–Crippen MR) is 78.4 cm³/mol. The molecule has 35 heteroatoms. The number of aliphatic hydroxyl groups is 3. The van der Waals surface area contributed by atoms with E-state index in [2.05, 4.69) is 0 Å². The van der Waals surface area contributed by atoms with E-state index in [0.717, 1.165) is 0 Å². The van der Waals surface area contributed by atoms with E-state index in [1.165, 1.54) is 0 Å². The second-order valence-corrected chi connectivity index (χ2v) is 8.42. The molecule has 0 fully saturated rings. The number of rotatable bonds is 12. The van der Waals surface area contributed by atoms with Crippen molar-refractivity contribution in [3.05, 3.63) is 0 Å². The highest BCUT2D eigenvalue weighted by Gasteiger charge is 3.04. The Kier molecular flexibility index (Phi) is 12.2. The van der Waals surface area contributed by atoms with Gasteiger partial charge in [0.05, 0.1) is 4.65 Å². The molecule has 0 bridgehead atoms. The van der Waals surface area contributed by atoms with E-state index in [4.69, 9.17) is 15.3 Å². The van der Waals surface area contributed by atoms with Gasteiger partial charge in [0.2, 0.25) is 0 Å². The third-order valence-electron chi connectivity index (χ3n) is 5.28. The SMILES string of the molecule is OC(F)(F)C(F)(F)C(F)(F)[N+](OC(F)(F)C(F)(F)F)(C(F)(F)F)C(F)(F)C(O)(O)C(F)(F)C(F)(F)C(F)(F)C(F)(F)C(F)(F)C(F)(F)F.[I-]. The summed E-state index contributed by atoms with van der Waals surface area (Å²) in [6.45, 7) is 0. The van der Waals surface area contributed by atoms with E-state index in [-0.39, 0.29) is 24.0 Å². The first kappa shape index (κ1) is 49.6. The van der Waals surface area contributed by atoms with E-state index < -0.39 is 88.9 Å². The zero-order valence-electron chi connectivity index (χ0n) is 20.5. The molecular formula is C14H3F29INO4. The van der Waals surface area contributed by atoms with Crippen molar-refractivity contribution in [3.8, 4) is 0 Å². The van der Waals surface area contributed by atoms with Crippen molar-refractivity contribution in [2.24, 2.45) is 0 Å². The van der Waals surface area contributed by atoms with Crippen molar-refractivity contribution in [2.75, 3.05) is 0 Å². The van der Waals surface area contributed by atoms with Crippen molar-refractivity contribution in [3.63, 3.8) is 0 Å². The maximum atomic E-state index is 14.7. The molecule has 1 unspecified atom stereocenters. The minimum absolute atomic E-state index is 0. The number of hydroxylamine groups is 3. The van der Waals surface area contributed by atoms with Crippen LogP contribution in [-0.4, -0.2) is 104 Å². The highest BCUT2D eigenvalue weighted by atomic mass is 127. The van der Waals surface area contributed by atoms with Gasteiger partial charge in [0.15, 0.2) is 0 Å². The van der Waals surface area contributed by atoms with Gasteiger partial charge in [0.25, 0.3) is 0 Å². The van der Waals surface area contributed by atoms with Crippen molar-refractivity contribution < 1.29 is 176 Å². The first-order chi connectivity index (χ1) is 20.0. The smallest absolute Gasteiger partial charge is 0.603 e. The van der Waals surface area contributed by atoms with Gasteiger partial charge in [0.1, 0.15) is 0 Å². The highest BCUT2D eigenvalue weighted by molar-refractivity contribution is 5.14. The molecule has 1 atom stereocenters. The number of hydrogen-bond donors (Lipinski definition) is 3. The molecule has 298 valence electrons. The summed E-state index contributed by atoms with van der Waals surface area (Å²) in [6, 6.07) is -20.2. The molecule has 49 heavy (non-hydrogen) atoms. The van der Waals surface area contributed by atoms with Crippen LogP contribution in [0.25, 0.3) is 0 Å². The van der Waals surface area contributed by atoms with Crippen LogP contribution in [0.1, 0.15) is 0 Å². The van der Waals surface area contributed by atoms with Crippen LogP contribution in [0.15, 0.2) is 0 Å². The summed E-state index contributed by atoms with van der Waals surface area (Å²) < 4.78 is 377. The van der Waals surface area contributed by atoms with Crippen molar-refractivity contribution in [1.82, 2.24) is 0 Å². The van der Waals surface area contributed by atoms with Crippen LogP contribution in [-0.2, 0) is 4.84 Å². The largest absolute Gasteiger partial charge is 1.00 e. The third-order valence-corrected chi connectivity index (χ3v) is 5.28. The van der Waals surface area contributed by atoms with Gasteiger partial charge in [-0.3, -0.25) is 0 Å². The molecule has 0 aromatic carbocycles. The lowest BCUT2D eigenvalue weighted by atomic mass is 9.88. The van der Waals surface area contributed by atoms with Crippen molar-refractivity contribution in [1.29, 1.82) is 0 Å². The Balaban J connectivity index is 0. The highest BCUT2D eigenvalue weighted by Crippen LogP contribution is 2.67. The van der Waals surface area contributed by atoms with Crippen LogP contribution < -0.4 is 24.0 Å². The molecule has 0 spiro atoms. The van der Waals surface area contributed by atoms with Crippen LogP contribution in [0.5, 0.6) is 0 Å². The number of halogens is 30. The van der Waals surface area contributed by atoms with E-state index in [9.17, 15) is 127 Å². The lowest BCUT2D eigenvalue weighted by Crippen LogP contribution is -3.00. The molecule has 3 N–H and O–H groups in total. The Morgan fingerprint density at radius 1 is 0.347 bits per heavy atom. The summed E-state index contributed by atoms with van der Waals surface area (Å²) in [5, 5.41) is 25.0. The average Bonchev–Trinajstić information content (AvgIpc) is 2.78. The van der Waals surface area contributed by atoms with Crippen LogP contribution in [0.2, 0.25) is 0 Å². The van der Waals surface area contributed by atoms with E-state index in [0.29, 0.717) is 4.84 Å². The lowest BCUT2D eigenvalue weighted by molar-refractivity contribution is -1.30. The second kappa shape index (κ2) is 12.0. The van der Waals surface area contributed by atoms with E-state index in [1.54, 1.807) is 0 Å². The summed E-state index contributed by atoms with van der Waals surface area (Å²) in [6.07, 6.45) is -43.8. The fourth-order valence-corrected chi connectivity index (χ4v) is 2.66. The Bertz CT molecular complexity index is 1180. The van der Waals surface area contributed by atoms with Gasteiger partial charge in [0, 0.05) is 0 Å². The summed E-state index contributed by atoms with van der Waals surface area (Å²) in [7, 11) is 0. The Morgan fingerprint density at radius 2 is 0.633 bits per heavy atom. The molecule has 0 aromatic rings. The summed E-state index contributed by atoms with van der Waals surface area (Å²) >= 11 is 0. The van der Waals surface area contributed by atoms with Gasteiger partial charge < -0.3 is 39.3 Å². The molecule has 0 saturated heterocycles. The Labute approximate surface area is 261 Å². The van der Waals surface area contributed by atoms with Gasteiger partial charge in [-0.1, -0.05) is 4.84 Å². The maximum Gasteiger partial charge on any atom is 0.603 e. The second-order valence-electron chi connectivity index (χ2n) is 8.42. The molecule has 0 rings (SSSR count). The fraction of sp³-hybridized carbons (Fsp3) is 1.00. The molecule has 0 aromatic heterocycles. The van der Waals surface area contributed by atoms with Gasteiger partial charge >= 0.3 is 84.3 Å². The number of quaternary nitrogens is 1. The van der Waals surface area contributed by atoms with Crippen molar-refractivity contribution in [2.45, 2.75) is 84.3 Å². The molecule has 5 nitrogen and oxygen atoms in total. The average molecular weight is 927 g/mol. The van der Waals surface area contributed by atoms with Crippen LogP contribution in [0.4, 0.5) is 127 Å². The van der Waals surface area contributed by atoms with E-state index in [1.807, 2.05) is 0 Å². The van der Waals surface area contributed by atoms with Crippen molar-refractivity contribution >= 4 is 0 Å². The topological polar surface area (TPSA) is 69.9 Å². The van der Waals surface area contributed by atoms with Gasteiger partial charge in [-0.15, -0.1) is 30.7 Å².